The van der Waals surface area contributed by atoms with Gasteiger partial charge in [0.05, 0.1) is 17.5 Å². The van der Waals surface area contributed by atoms with Crippen LogP contribution in [0.25, 0.3) is 11.3 Å². The van der Waals surface area contributed by atoms with Crippen molar-refractivity contribution in [2.45, 2.75) is 32.7 Å². The molecule has 2 aromatic heterocycles. The number of allylic oxidation sites excluding steroid dienone is 1. The van der Waals surface area contributed by atoms with E-state index in [1.807, 2.05) is 12.1 Å². The number of fused-ring (bicyclic) bond motifs is 2. The van der Waals surface area contributed by atoms with E-state index in [1.54, 1.807) is 23.8 Å². The molecule has 1 aromatic carbocycles. The molecule has 1 aliphatic rings. The number of anilines is 1. The predicted molar refractivity (Wildman–Crippen MR) is 119 cm³/mol. The Balaban J connectivity index is 1.74. The van der Waals surface area contributed by atoms with Crippen LogP contribution in [0.5, 0.6) is 0 Å². The maximum Gasteiger partial charge on any atom is 0.208 e. The van der Waals surface area contributed by atoms with Gasteiger partial charge >= 0.3 is 0 Å². The van der Waals surface area contributed by atoms with Gasteiger partial charge in [-0.25, -0.2) is 14.4 Å². The third-order valence-electron chi connectivity index (χ3n) is 5.60. The Morgan fingerprint density at radius 3 is 2.94 bits per heavy atom. The van der Waals surface area contributed by atoms with Crippen LogP contribution in [0.4, 0.5) is 10.3 Å². The number of Topliss-reactive ketones (excluding diaryl/α,β-unsaturated/α-hetero) is 1. The fourth-order valence-corrected chi connectivity index (χ4v) is 3.96. The second-order valence-corrected chi connectivity index (χ2v) is 7.58. The fraction of sp³-hybridized carbons (Fsp3) is 0.261. The van der Waals surface area contributed by atoms with Crippen LogP contribution in [-0.4, -0.2) is 32.9 Å². The summed E-state index contributed by atoms with van der Waals surface area (Å²) in [4.78, 5) is 20.3. The minimum atomic E-state index is -0.376. The number of ketones is 1. The van der Waals surface area contributed by atoms with Crippen LogP contribution < -0.4 is 10.6 Å². The van der Waals surface area contributed by atoms with Gasteiger partial charge in [0.2, 0.25) is 5.95 Å². The smallest absolute Gasteiger partial charge is 0.208 e. The molecule has 0 spiro atoms. The summed E-state index contributed by atoms with van der Waals surface area (Å²) in [6.45, 7) is 1.57. The predicted octanol–water partition coefficient (Wildman–Crippen LogP) is 3.01. The Morgan fingerprint density at radius 2 is 2.22 bits per heavy atom. The number of aryl methyl sites for hydroxylation is 1. The van der Waals surface area contributed by atoms with Gasteiger partial charge in [0.15, 0.2) is 17.1 Å². The van der Waals surface area contributed by atoms with Gasteiger partial charge in [0, 0.05) is 38.0 Å². The van der Waals surface area contributed by atoms with Crippen molar-refractivity contribution in [1.82, 2.24) is 19.7 Å². The van der Waals surface area contributed by atoms with Crippen molar-refractivity contribution in [1.29, 1.82) is 10.7 Å². The summed E-state index contributed by atoms with van der Waals surface area (Å²) < 4.78 is 16.2. The Kier molecular flexibility index (Phi) is 5.69. The molecule has 0 saturated heterocycles. The van der Waals surface area contributed by atoms with Crippen LogP contribution in [0, 0.1) is 22.6 Å². The first-order valence-corrected chi connectivity index (χ1v) is 10.2. The molecule has 32 heavy (non-hydrogen) atoms. The number of rotatable bonds is 7. The third-order valence-corrected chi connectivity index (χ3v) is 5.60. The summed E-state index contributed by atoms with van der Waals surface area (Å²) in [7, 11) is 1.66. The lowest BCUT2D eigenvalue weighted by Crippen LogP contribution is -2.14. The standard InChI is InChI=1S/C23H22FN7O/c1-13(32)20(26)8-21(27-2)18-11-29-23(31-12-15(9-25)30-22(18)31)28-10-17-16-5-3-4-14(16)6-7-19(17)24/h6-8,11-12,26-27H,3-5,10H2,1-2H3,(H,28,29)/b21-8-,26-20?. The number of benzene rings is 1. The van der Waals surface area contributed by atoms with Crippen molar-refractivity contribution in [3.05, 3.63) is 64.4 Å². The maximum atomic E-state index is 14.5. The van der Waals surface area contributed by atoms with Gasteiger partial charge in [-0.15, -0.1) is 0 Å². The summed E-state index contributed by atoms with van der Waals surface area (Å²) in [5.74, 6) is -0.221. The largest absolute Gasteiger partial charge is 0.387 e. The molecule has 0 bridgehead atoms. The zero-order valence-corrected chi connectivity index (χ0v) is 17.8. The Morgan fingerprint density at radius 1 is 1.41 bits per heavy atom. The number of carbonyl (C=O) groups is 1. The van der Waals surface area contributed by atoms with Crippen LogP contribution >= 0.6 is 0 Å². The van der Waals surface area contributed by atoms with Gasteiger partial charge in [-0.3, -0.25) is 14.6 Å². The zero-order valence-electron chi connectivity index (χ0n) is 17.8. The third kappa shape index (κ3) is 3.83. The number of carbonyl (C=O) groups excluding carboxylic acids is 1. The molecule has 0 amide bonds. The molecule has 0 saturated carbocycles. The molecule has 9 heteroatoms. The number of imidazole rings is 1. The molecule has 0 aliphatic heterocycles. The number of aromatic nitrogens is 3. The van der Waals surface area contributed by atoms with Gasteiger partial charge < -0.3 is 10.6 Å². The first-order chi connectivity index (χ1) is 15.4. The average molecular weight is 431 g/mol. The summed E-state index contributed by atoms with van der Waals surface area (Å²) >= 11 is 0. The average Bonchev–Trinajstić information content (AvgIpc) is 3.43. The molecule has 2 heterocycles. The minimum Gasteiger partial charge on any atom is -0.387 e. The molecule has 1 aliphatic carbocycles. The second kappa shape index (κ2) is 8.59. The van der Waals surface area contributed by atoms with Crippen LogP contribution in [0.1, 0.15) is 41.3 Å². The van der Waals surface area contributed by atoms with Crippen LogP contribution in [0.2, 0.25) is 0 Å². The molecule has 4 rings (SSSR count). The zero-order chi connectivity index (χ0) is 22.8. The normalized spacial score (nSPS) is 13.0. The second-order valence-electron chi connectivity index (χ2n) is 7.58. The van der Waals surface area contributed by atoms with Gasteiger partial charge in [-0.2, -0.15) is 5.26 Å². The van der Waals surface area contributed by atoms with E-state index in [-0.39, 0.29) is 29.6 Å². The quantitative estimate of drug-likeness (QED) is 0.495. The molecule has 0 unspecified atom stereocenters. The maximum absolute atomic E-state index is 14.5. The number of nitrogens with zero attached hydrogens (tertiary/aromatic N) is 4. The van der Waals surface area contributed by atoms with Crippen molar-refractivity contribution < 1.29 is 9.18 Å². The first kappa shape index (κ1) is 21.2. The van der Waals surface area contributed by atoms with Gasteiger partial charge in [-0.05, 0) is 42.5 Å². The van der Waals surface area contributed by atoms with Crippen molar-refractivity contribution in [2.75, 3.05) is 12.4 Å². The molecule has 0 radical (unpaired) electrons. The molecule has 8 nitrogen and oxygen atoms in total. The van der Waals surface area contributed by atoms with E-state index in [1.165, 1.54) is 24.6 Å². The lowest BCUT2D eigenvalue weighted by molar-refractivity contribution is -0.111. The van der Waals surface area contributed by atoms with E-state index >= 15 is 0 Å². The molecule has 3 N–H and O–H groups in total. The highest BCUT2D eigenvalue weighted by Gasteiger charge is 2.19. The Hall–Kier alpha value is -4.06. The first-order valence-electron chi connectivity index (χ1n) is 10.2. The molecule has 162 valence electrons. The number of nitrogens with one attached hydrogen (secondary N) is 3. The van der Waals surface area contributed by atoms with Crippen molar-refractivity contribution in [2.24, 2.45) is 0 Å². The molecular weight excluding hydrogens is 409 g/mol. The topological polar surface area (TPSA) is 119 Å². The summed E-state index contributed by atoms with van der Waals surface area (Å²) in [6.07, 6.45) is 7.33. The van der Waals surface area contributed by atoms with E-state index in [2.05, 4.69) is 20.6 Å². The SMILES string of the molecule is CN/C(=C\C(=N)C(C)=O)c1cnc(NCc2c(F)ccc3c2CCC3)n2cc(C#N)nc12. The van der Waals surface area contributed by atoms with Crippen LogP contribution in [0.3, 0.4) is 0 Å². The van der Waals surface area contributed by atoms with E-state index in [0.717, 1.165) is 24.8 Å². The molecule has 0 fully saturated rings. The fourth-order valence-electron chi connectivity index (χ4n) is 3.96. The summed E-state index contributed by atoms with van der Waals surface area (Å²) in [6, 6.07) is 5.38. The van der Waals surface area contributed by atoms with E-state index < -0.39 is 0 Å². The highest BCUT2D eigenvalue weighted by molar-refractivity contribution is 6.43. The lowest BCUT2D eigenvalue weighted by atomic mass is 10.0. The molecule has 0 atom stereocenters. The van der Waals surface area contributed by atoms with Crippen molar-refractivity contribution >= 4 is 28.8 Å². The van der Waals surface area contributed by atoms with E-state index in [9.17, 15) is 14.4 Å². The van der Waals surface area contributed by atoms with Crippen LogP contribution in [0.15, 0.2) is 30.6 Å². The monoisotopic (exact) mass is 431 g/mol. The van der Waals surface area contributed by atoms with Crippen LogP contribution in [-0.2, 0) is 24.2 Å². The highest BCUT2D eigenvalue weighted by atomic mass is 19.1. The lowest BCUT2D eigenvalue weighted by Gasteiger charge is -2.14. The highest BCUT2D eigenvalue weighted by Crippen LogP contribution is 2.28. The number of hydrogen-bond acceptors (Lipinski definition) is 7. The number of hydrogen-bond donors (Lipinski definition) is 3. The number of halogens is 1. The van der Waals surface area contributed by atoms with Crippen molar-refractivity contribution in [3.8, 4) is 6.07 Å². The number of nitriles is 1. The summed E-state index contributed by atoms with van der Waals surface area (Å²) in [5.41, 5.74) is 4.30. The summed E-state index contributed by atoms with van der Waals surface area (Å²) in [5, 5.41) is 23.3. The molecule has 3 aromatic rings. The van der Waals surface area contributed by atoms with E-state index in [4.69, 9.17) is 5.41 Å². The minimum absolute atomic E-state index is 0.171. The van der Waals surface area contributed by atoms with E-state index in [0.29, 0.717) is 28.4 Å². The molecular formula is C23H22FN7O. The van der Waals surface area contributed by atoms with Gasteiger partial charge in [0.1, 0.15) is 11.9 Å². The Bertz CT molecular complexity index is 1320. The van der Waals surface area contributed by atoms with Gasteiger partial charge in [0.25, 0.3) is 0 Å². The van der Waals surface area contributed by atoms with Crippen molar-refractivity contribution in [3.63, 3.8) is 0 Å². The Labute approximate surface area is 184 Å². The van der Waals surface area contributed by atoms with Gasteiger partial charge in [-0.1, -0.05) is 6.07 Å².